The van der Waals surface area contributed by atoms with Crippen LogP contribution in [0.25, 0.3) is 17.1 Å². The summed E-state index contributed by atoms with van der Waals surface area (Å²) in [4.78, 5) is 19.7. The number of fused-ring (bicyclic) bond motifs is 2. The molecule has 6 nitrogen and oxygen atoms in total. The maximum absolute atomic E-state index is 5.06. The molecule has 0 radical (unpaired) electrons. The molecule has 0 saturated carbocycles. The molecule has 2 aromatic heterocycles. The third-order valence-corrected chi connectivity index (χ3v) is 6.65. The van der Waals surface area contributed by atoms with Gasteiger partial charge in [0, 0.05) is 38.1 Å². The first kappa shape index (κ1) is 24.8. The zero-order valence-corrected chi connectivity index (χ0v) is 22.0. The fraction of sp³-hybridized carbons (Fsp3) is 0.448. The molecule has 1 aliphatic heterocycles. The molecule has 0 unspecified atom stereocenters. The van der Waals surface area contributed by atoms with Gasteiger partial charge in [-0.15, -0.1) is 0 Å². The van der Waals surface area contributed by atoms with Gasteiger partial charge in [-0.3, -0.25) is 0 Å². The van der Waals surface area contributed by atoms with Gasteiger partial charge in [-0.05, 0) is 36.0 Å². The van der Waals surface area contributed by atoms with Crippen molar-refractivity contribution < 1.29 is 4.57 Å². The highest BCUT2D eigenvalue weighted by atomic mass is 15.4. The number of hydrogen-bond acceptors (Lipinski definition) is 5. The summed E-state index contributed by atoms with van der Waals surface area (Å²) in [5, 5.41) is 0. The molecule has 35 heavy (non-hydrogen) atoms. The number of aryl methyl sites for hydroxylation is 2. The Balaban J connectivity index is 1.77. The molecule has 1 aliphatic rings. The maximum atomic E-state index is 5.06. The minimum atomic E-state index is 0.927. The minimum absolute atomic E-state index is 0.927. The number of aromatic nitrogens is 4. The Kier molecular flexibility index (Phi) is 8.11. The van der Waals surface area contributed by atoms with E-state index in [1.54, 1.807) is 0 Å². The molecule has 0 aliphatic carbocycles. The minimum Gasteiger partial charge on any atom is -0.309 e. The zero-order valence-electron chi connectivity index (χ0n) is 22.0. The molecule has 4 rings (SSSR count). The van der Waals surface area contributed by atoms with Crippen molar-refractivity contribution in [2.75, 3.05) is 22.9 Å². The number of para-hydroxylation sites is 2. The van der Waals surface area contributed by atoms with Crippen molar-refractivity contribution in [1.29, 1.82) is 0 Å². The largest absolute Gasteiger partial charge is 0.323 e. The van der Waals surface area contributed by atoms with Crippen LogP contribution in [0.4, 0.5) is 11.6 Å². The summed E-state index contributed by atoms with van der Waals surface area (Å²) in [6.07, 6.45) is 12.9. The molecule has 0 atom stereocenters. The van der Waals surface area contributed by atoms with E-state index in [0.29, 0.717) is 0 Å². The fourth-order valence-electron chi connectivity index (χ4n) is 4.54. The zero-order chi connectivity index (χ0) is 24.8. The molecule has 0 fully saturated rings. The Morgan fingerprint density at radius 2 is 1.43 bits per heavy atom. The van der Waals surface area contributed by atoms with Gasteiger partial charge >= 0.3 is 5.82 Å². The highest BCUT2D eigenvalue weighted by molar-refractivity contribution is 5.85. The van der Waals surface area contributed by atoms with Crippen LogP contribution in [0.5, 0.6) is 0 Å². The summed E-state index contributed by atoms with van der Waals surface area (Å²) in [6.45, 7) is 10.7. The smallest absolute Gasteiger partial charge is 0.309 e. The Bertz CT molecular complexity index is 1170. The molecule has 0 saturated heterocycles. The SMILES string of the molecule is CCCCN1C(=CC=Cc2nc(CC)cc(CC)[n+]2C)N(CCCC)c2nc3ccccc3nc21. The topological polar surface area (TPSA) is 49.0 Å². The molecule has 3 aromatic rings. The van der Waals surface area contributed by atoms with Gasteiger partial charge in [0.25, 0.3) is 0 Å². The average molecular weight is 472 g/mol. The molecule has 0 N–H and O–H groups in total. The Morgan fingerprint density at radius 3 is 1.94 bits per heavy atom. The molecule has 0 bridgehead atoms. The lowest BCUT2D eigenvalue weighted by Gasteiger charge is -2.24. The summed E-state index contributed by atoms with van der Waals surface area (Å²) in [5.41, 5.74) is 4.32. The first-order valence-electron chi connectivity index (χ1n) is 13.2. The number of hydrogen-bond donors (Lipinski definition) is 0. The van der Waals surface area contributed by atoms with E-state index in [4.69, 9.17) is 15.0 Å². The van der Waals surface area contributed by atoms with Crippen molar-refractivity contribution >= 4 is 28.7 Å². The van der Waals surface area contributed by atoms with E-state index in [1.807, 2.05) is 12.1 Å². The van der Waals surface area contributed by atoms with Crippen molar-refractivity contribution in [1.82, 2.24) is 15.0 Å². The van der Waals surface area contributed by atoms with Crippen LogP contribution < -0.4 is 14.4 Å². The molecule has 0 amide bonds. The highest BCUT2D eigenvalue weighted by Gasteiger charge is 2.33. The summed E-state index contributed by atoms with van der Waals surface area (Å²) in [7, 11) is 2.10. The summed E-state index contributed by atoms with van der Waals surface area (Å²) < 4.78 is 2.19. The third-order valence-electron chi connectivity index (χ3n) is 6.65. The quantitative estimate of drug-likeness (QED) is 0.352. The van der Waals surface area contributed by atoms with E-state index in [0.717, 1.165) is 91.6 Å². The summed E-state index contributed by atoms with van der Waals surface area (Å²) in [6, 6.07) is 10.4. The van der Waals surface area contributed by atoms with Crippen LogP contribution >= 0.6 is 0 Å². The fourth-order valence-corrected chi connectivity index (χ4v) is 4.54. The van der Waals surface area contributed by atoms with Crippen molar-refractivity contribution in [3.8, 4) is 0 Å². The second kappa shape index (κ2) is 11.4. The van der Waals surface area contributed by atoms with E-state index in [9.17, 15) is 0 Å². The molecule has 6 heteroatoms. The van der Waals surface area contributed by atoms with Gasteiger partial charge in [0.1, 0.15) is 11.5 Å². The van der Waals surface area contributed by atoms with Crippen molar-refractivity contribution in [2.45, 2.75) is 66.2 Å². The van der Waals surface area contributed by atoms with Crippen LogP contribution in [0.3, 0.4) is 0 Å². The van der Waals surface area contributed by atoms with Gasteiger partial charge < -0.3 is 9.80 Å². The molecule has 0 spiro atoms. The van der Waals surface area contributed by atoms with Crippen LogP contribution in [-0.2, 0) is 19.9 Å². The van der Waals surface area contributed by atoms with E-state index < -0.39 is 0 Å². The average Bonchev–Trinajstić information content (AvgIpc) is 3.16. The lowest BCUT2D eigenvalue weighted by molar-refractivity contribution is -0.683. The van der Waals surface area contributed by atoms with Crippen molar-refractivity contribution in [2.24, 2.45) is 7.05 Å². The van der Waals surface area contributed by atoms with Crippen molar-refractivity contribution in [3.05, 3.63) is 65.5 Å². The van der Waals surface area contributed by atoms with Crippen molar-refractivity contribution in [3.63, 3.8) is 0 Å². The molecule has 3 heterocycles. The highest BCUT2D eigenvalue weighted by Crippen LogP contribution is 2.40. The Hall–Kier alpha value is -3.28. The Morgan fingerprint density at radius 1 is 0.829 bits per heavy atom. The predicted molar refractivity (Wildman–Crippen MR) is 145 cm³/mol. The van der Waals surface area contributed by atoms with Crippen LogP contribution in [-0.4, -0.2) is 28.0 Å². The van der Waals surface area contributed by atoms with Gasteiger partial charge in [0.05, 0.1) is 18.1 Å². The lowest BCUT2D eigenvalue weighted by Crippen LogP contribution is -2.38. The summed E-state index contributed by atoms with van der Waals surface area (Å²) in [5.74, 6) is 4.07. The van der Waals surface area contributed by atoms with Gasteiger partial charge in [-0.2, -0.15) is 0 Å². The molecule has 1 aromatic carbocycles. The van der Waals surface area contributed by atoms with E-state index >= 15 is 0 Å². The third kappa shape index (κ3) is 5.21. The monoisotopic (exact) mass is 471 g/mol. The molecule has 184 valence electrons. The van der Waals surface area contributed by atoms with Crippen LogP contribution in [0.15, 0.2) is 48.3 Å². The van der Waals surface area contributed by atoms with Crippen LogP contribution in [0.2, 0.25) is 0 Å². The van der Waals surface area contributed by atoms with Crippen LogP contribution in [0.1, 0.15) is 70.6 Å². The van der Waals surface area contributed by atoms with E-state index in [-0.39, 0.29) is 0 Å². The number of benzene rings is 1. The van der Waals surface area contributed by atoms with Gasteiger partial charge in [-0.25, -0.2) is 14.5 Å². The van der Waals surface area contributed by atoms with E-state index in [2.05, 4.69) is 85.5 Å². The van der Waals surface area contributed by atoms with E-state index in [1.165, 1.54) is 5.69 Å². The predicted octanol–water partition coefficient (Wildman–Crippen LogP) is 5.76. The number of unbranched alkanes of at least 4 members (excludes halogenated alkanes) is 2. The molecular weight excluding hydrogens is 432 g/mol. The first-order valence-corrected chi connectivity index (χ1v) is 13.2. The second-order valence-electron chi connectivity index (χ2n) is 9.12. The first-order chi connectivity index (χ1) is 17.1. The lowest BCUT2D eigenvalue weighted by atomic mass is 10.2. The van der Waals surface area contributed by atoms with Gasteiger partial charge in [-0.1, -0.05) is 58.7 Å². The van der Waals surface area contributed by atoms with Crippen LogP contribution in [0, 0.1) is 0 Å². The van der Waals surface area contributed by atoms with Gasteiger partial charge in [0.15, 0.2) is 17.3 Å². The maximum Gasteiger partial charge on any atom is 0.323 e. The Labute approximate surface area is 210 Å². The molecular formula is C29H39N6+. The summed E-state index contributed by atoms with van der Waals surface area (Å²) >= 11 is 0. The van der Waals surface area contributed by atoms with Gasteiger partial charge in [0.2, 0.25) is 0 Å². The number of rotatable bonds is 10. The number of anilines is 2. The second-order valence-corrected chi connectivity index (χ2v) is 9.12. The normalized spacial score (nSPS) is 13.3. The number of allylic oxidation sites excluding steroid dienone is 2. The standard InChI is InChI=1S/C29H39N6/c1-6-10-19-34-27(18-14-17-26-30-22(8-3)21-23(9-4)33(26)5)35(20-11-7-2)29-28(34)31-24-15-12-13-16-25(24)32-29/h12-18,21H,6-11,19-20H2,1-5H3/q+1. The number of nitrogens with zero attached hydrogens (tertiary/aromatic N) is 6.